The summed E-state index contributed by atoms with van der Waals surface area (Å²) < 4.78 is 0. The summed E-state index contributed by atoms with van der Waals surface area (Å²) in [5.41, 5.74) is 3.76. The lowest BCUT2D eigenvalue weighted by Gasteiger charge is -1.95. The van der Waals surface area contributed by atoms with Crippen LogP contribution < -0.4 is 0 Å². The normalized spacial score (nSPS) is 9.93. The molecule has 74 valence electrons. The van der Waals surface area contributed by atoms with E-state index in [-0.39, 0.29) is 0 Å². The predicted octanol–water partition coefficient (Wildman–Crippen LogP) is 2.57. The second kappa shape index (κ2) is 3.58. The van der Waals surface area contributed by atoms with E-state index in [1.165, 1.54) is 0 Å². The Morgan fingerprint density at radius 2 is 1.87 bits per heavy atom. The smallest absolute Gasteiger partial charge is 0.137 e. The molecular weight excluding hydrogens is 186 g/mol. The number of aryl methyl sites for hydroxylation is 2. The van der Waals surface area contributed by atoms with E-state index in [1.807, 2.05) is 26.0 Å². The predicted molar refractivity (Wildman–Crippen MR) is 58.2 cm³/mol. The zero-order valence-electron chi connectivity index (χ0n) is 8.70. The first-order valence-corrected chi connectivity index (χ1v) is 4.74. The highest BCUT2D eigenvalue weighted by molar-refractivity contribution is 5.57. The van der Waals surface area contributed by atoms with Gasteiger partial charge in [0.15, 0.2) is 0 Å². The van der Waals surface area contributed by atoms with Gasteiger partial charge in [-0.15, -0.1) is 0 Å². The van der Waals surface area contributed by atoms with E-state index in [4.69, 9.17) is 5.26 Å². The topological polar surface area (TPSA) is 52.5 Å². The first kappa shape index (κ1) is 9.47. The maximum Gasteiger partial charge on any atom is 0.137 e. The van der Waals surface area contributed by atoms with Gasteiger partial charge in [0.05, 0.1) is 17.3 Å². The summed E-state index contributed by atoms with van der Waals surface area (Å²) in [6, 6.07) is 9.48. The maximum atomic E-state index is 8.67. The van der Waals surface area contributed by atoms with Crippen LogP contribution in [0.1, 0.15) is 17.0 Å². The Balaban J connectivity index is 2.42. The third kappa shape index (κ3) is 1.75. The molecule has 0 aliphatic heterocycles. The van der Waals surface area contributed by atoms with Crippen LogP contribution in [0.2, 0.25) is 0 Å². The van der Waals surface area contributed by atoms with E-state index in [2.05, 4.69) is 16.0 Å². The van der Waals surface area contributed by atoms with Crippen LogP contribution in [-0.4, -0.2) is 9.97 Å². The summed E-state index contributed by atoms with van der Waals surface area (Å²) in [5, 5.41) is 8.67. The maximum absolute atomic E-state index is 8.67. The fourth-order valence-electron chi connectivity index (χ4n) is 1.39. The first-order chi connectivity index (χ1) is 7.20. The van der Waals surface area contributed by atoms with E-state index in [1.54, 1.807) is 12.1 Å². The minimum absolute atomic E-state index is 0.666. The summed E-state index contributed by atoms with van der Waals surface area (Å²) >= 11 is 0. The van der Waals surface area contributed by atoms with Gasteiger partial charge in [0, 0.05) is 11.3 Å². The van der Waals surface area contributed by atoms with Gasteiger partial charge in [0.1, 0.15) is 5.82 Å². The van der Waals surface area contributed by atoms with Crippen LogP contribution in [0, 0.1) is 25.2 Å². The molecule has 0 radical (unpaired) electrons. The zero-order chi connectivity index (χ0) is 10.8. The van der Waals surface area contributed by atoms with Crippen molar-refractivity contribution < 1.29 is 0 Å². The van der Waals surface area contributed by atoms with Crippen molar-refractivity contribution in [1.29, 1.82) is 5.26 Å². The van der Waals surface area contributed by atoms with Crippen molar-refractivity contribution in [3.05, 3.63) is 41.2 Å². The molecule has 0 saturated carbocycles. The molecule has 0 amide bonds. The van der Waals surface area contributed by atoms with Crippen LogP contribution in [0.15, 0.2) is 24.3 Å². The van der Waals surface area contributed by atoms with E-state index in [0.717, 1.165) is 22.8 Å². The lowest BCUT2D eigenvalue weighted by Crippen LogP contribution is -1.81. The van der Waals surface area contributed by atoms with E-state index in [9.17, 15) is 0 Å². The Morgan fingerprint density at radius 3 is 2.33 bits per heavy atom. The van der Waals surface area contributed by atoms with Crippen LogP contribution in [0.4, 0.5) is 0 Å². The molecule has 1 N–H and O–H groups in total. The molecule has 2 rings (SSSR count). The van der Waals surface area contributed by atoms with Crippen LogP contribution >= 0.6 is 0 Å². The number of nitrogens with one attached hydrogen (secondary N) is 1. The minimum atomic E-state index is 0.666. The van der Waals surface area contributed by atoms with Crippen molar-refractivity contribution >= 4 is 0 Å². The highest BCUT2D eigenvalue weighted by Gasteiger charge is 2.04. The molecule has 3 nitrogen and oxygen atoms in total. The number of nitrogens with zero attached hydrogens (tertiary/aromatic N) is 2. The Kier molecular flexibility index (Phi) is 2.26. The number of hydrogen-bond donors (Lipinski definition) is 1. The Bertz CT molecular complexity index is 495. The minimum Gasteiger partial charge on any atom is -0.342 e. The summed E-state index contributed by atoms with van der Waals surface area (Å²) in [6.45, 7) is 3.97. The molecule has 15 heavy (non-hydrogen) atoms. The quantitative estimate of drug-likeness (QED) is 0.763. The zero-order valence-corrected chi connectivity index (χ0v) is 8.70. The number of hydrogen-bond acceptors (Lipinski definition) is 2. The molecule has 0 fully saturated rings. The van der Waals surface area contributed by atoms with Crippen molar-refractivity contribution in [3.8, 4) is 17.5 Å². The van der Waals surface area contributed by atoms with Gasteiger partial charge in [0.25, 0.3) is 0 Å². The average Bonchev–Trinajstić information content (AvgIpc) is 2.59. The van der Waals surface area contributed by atoms with Gasteiger partial charge in [-0.1, -0.05) is 0 Å². The summed E-state index contributed by atoms with van der Waals surface area (Å²) in [4.78, 5) is 7.60. The number of nitriles is 1. The van der Waals surface area contributed by atoms with Crippen molar-refractivity contribution in [2.75, 3.05) is 0 Å². The second-order valence-electron chi connectivity index (χ2n) is 3.48. The standard InChI is InChI=1S/C12H11N3/c1-8-9(2)15-12(14-8)11-5-3-10(7-13)4-6-11/h3-6H,1-2H3,(H,14,15). The Morgan fingerprint density at radius 1 is 1.20 bits per heavy atom. The largest absolute Gasteiger partial charge is 0.342 e. The highest BCUT2D eigenvalue weighted by Crippen LogP contribution is 2.17. The molecule has 2 aromatic rings. The molecule has 0 atom stereocenters. The molecule has 1 aromatic carbocycles. The molecule has 1 aromatic heterocycles. The third-order valence-corrected chi connectivity index (χ3v) is 2.42. The van der Waals surface area contributed by atoms with Crippen LogP contribution in [0.3, 0.4) is 0 Å². The van der Waals surface area contributed by atoms with E-state index < -0.39 is 0 Å². The molecule has 0 spiro atoms. The molecule has 3 heteroatoms. The van der Waals surface area contributed by atoms with Gasteiger partial charge < -0.3 is 4.98 Å². The number of rotatable bonds is 1. The summed E-state index contributed by atoms with van der Waals surface area (Å²) in [5.74, 6) is 0.856. The fraction of sp³-hybridized carbons (Fsp3) is 0.167. The SMILES string of the molecule is Cc1nc(-c2ccc(C#N)cc2)[nH]c1C. The molecule has 0 aliphatic carbocycles. The van der Waals surface area contributed by atoms with Crippen LogP contribution in [0.5, 0.6) is 0 Å². The lowest BCUT2D eigenvalue weighted by molar-refractivity contribution is 1.22. The monoisotopic (exact) mass is 197 g/mol. The number of aromatic nitrogens is 2. The van der Waals surface area contributed by atoms with Gasteiger partial charge in [0.2, 0.25) is 0 Å². The lowest BCUT2D eigenvalue weighted by atomic mass is 10.1. The summed E-state index contributed by atoms with van der Waals surface area (Å²) in [6.07, 6.45) is 0. The van der Waals surface area contributed by atoms with Gasteiger partial charge in [-0.25, -0.2) is 4.98 Å². The fourth-order valence-corrected chi connectivity index (χ4v) is 1.39. The Hall–Kier alpha value is -2.08. The summed E-state index contributed by atoms with van der Waals surface area (Å²) in [7, 11) is 0. The highest BCUT2D eigenvalue weighted by atomic mass is 14.9. The molecule has 0 unspecified atom stereocenters. The van der Waals surface area contributed by atoms with E-state index in [0.29, 0.717) is 5.56 Å². The third-order valence-electron chi connectivity index (χ3n) is 2.42. The van der Waals surface area contributed by atoms with Gasteiger partial charge in [-0.2, -0.15) is 5.26 Å². The van der Waals surface area contributed by atoms with Crippen molar-refractivity contribution in [3.63, 3.8) is 0 Å². The first-order valence-electron chi connectivity index (χ1n) is 4.74. The van der Waals surface area contributed by atoms with Crippen LogP contribution in [0.25, 0.3) is 11.4 Å². The molecule has 0 saturated heterocycles. The second-order valence-corrected chi connectivity index (χ2v) is 3.48. The molecule has 0 bridgehead atoms. The van der Waals surface area contributed by atoms with Crippen molar-refractivity contribution in [2.24, 2.45) is 0 Å². The van der Waals surface area contributed by atoms with E-state index >= 15 is 0 Å². The van der Waals surface area contributed by atoms with Crippen LogP contribution in [-0.2, 0) is 0 Å². The number of benzene rings is 1. The molecule has 1 heterocycles. The number of H-pyrrole nitrogens is 1. The molecular formula is C12H11N3. The number of imidazole rings is 1. The van der Waals surface area contributed by atoms with Gasteiger partial charge in [-0.3, -0.25) is 0 Å². The van der Waals surface area contributed by atoms with Gasteiger partial charge >= 0.3 is 0 Å². The number of aromatic amines is 1. The van der Waals surface area contributed by atoms with Crippen molar-refractivity contribution in [1.82, 2.24) is 9.97 Å². The van der Waals surface area contributed by atoms with Gasteiger partial charge in [-0.05, 0) is 38.1 Å². The average molecular weight is 197 g/mol. The van der Waals surface area contributed by atoms with Crippen molar-refractivity contribution in [2.45, 2.75) is 13.8 Å². The molecule has 0 aliphatic rings. The Labute approximate surface area is 88.4 Å².